The van der Waals surface area contributed by atoms with E-state index in [1.165, 1.54) is 13.0 Å². The van der Waals surface area contributed by atoms with E-state index in [2.05, 4.69) is 15.0 Å². The first kappa shape index (κ1) is 14.7. The van der Waals surface area contributed by atoms with Crippen LogP contribution < -0.4 is 16.4 Å². The molecule has 1 unspecified atom stereocenters. The van der Waals surface area contributed by atoms with Gasteiger partial charge in [0.1, 0.15) is 12.2 Å². The number of hydrogen-bond acceptors (Lipinski definition) is 8. The number of aromatic nitrogens is 4. The van der Waals surface area contributed by atoms with Crippen LogP contribution in [-0.4, -0.2) is 39.0 Å². The Labute approximate surface area is 115 Å². The van der Waals surface area contributed by atoms with Crippen molar-refractivity contribution in [1.29, 1.82) is 0 Å². The summed E-state index contributed by atoms with van der Waals surface area (Å²) < 4.78 is 18.0. The fourth-order valence-corrected chi connectivity index (χ4v) is 2.40. The number of nitrogen functional groups attached to an aromatic ring is 2. The summed E-state index contributed by atoms with van der Waals surface area (Å²) in [6.45, 7) is 1.74. The minimum atomic E-state index is -3.22. The summed E-state index contributed by atoms with van der Waals surface area (Å²) in [5.41, 5.74) is 12.2. The molecule has 0 amide bonds. The number of anilines is 2. The molecule has 0 fully saturated rings. The van der Waals surface area contributed by atoms with Gasteiger partial charge in [-0.05, 0) is 19.2 Å². The molecule has 0 aliphatic carbocycles. The Morgan fingerprint density at radius 2 is 2.20 bits per heavy atom. The lowest BCUT2D eigenvalue weighted by Gasteiger charge is -2.16. The first-order chi connectivity index (χ1) is 9.37. The van der Waals surface area contributed by atoms with Gasteiger partial charge >= 0.3 is 0 Å². The number of ether oxygens (including phenoxy) is 1. The quantitative estimate of drug-likeness (QED) is 0.542. The highest BCUT2D eigenvalue weighted by molar-refractivity contribution is 7.55. The van der Waals surface area contributed by atoms with Crippen LogP contribution in [0.4, 0.5) is 11.8 Å². The average molecular weight is 299 g/mol. The van der Waals surface area contributed by atoms with Crippen LogP contribution in [0.5, 0.6) is 0 Å². The molecule has 0 saturated heterocycles. The zero-order chi connectivity index (χ0) is 14.8. The number of nitrogens with two attached hydrogens (primary N) is 2. The van der Waals surface area contributed by atoms with E-state index in [-0.39, 0.29) is 24.7 Å². The van der Waals surface area contributed by atoms with Crippen LogP contribution in [0.15, 0.2) is 6.33 Å². The van der Waals surface area contributed by atoms with E-state index in [1.807, 2.05) is 0 Å². The van der Waals surface area contributed by atoms with Crippen LogP contribution in [0.2, 0.25) is 0 Å². The van der Waals surface area contributed by atoms with Crippen molar-refractivity contribution in [1.82, 2.24) is 19.5 Å². The van der Waals surface area contributed by atoms with Gasteiger partial charge in [0.05, 0.1) is 6.33 Å². The van der Waals surface area contributed by atoms with Gasteiger partial charge in [0.25, 0.3) is 0 Å². The molecule has 0 aliphatic rings. The summed E-state index contributed by atoms with van der Waals surface area (Å²) in [5.74, 6) is 0.277. The van der Waals surface area contributed by atoms with Crippen molar-refractivity contribution in [3.63, 3.8) is 0 Å². The van der Waals surface area contributed by atoms with Crippen molar-refractivity contribution < 1.29 is 14.2 Å². The smallest absolute Gasteiger partial charge is 0.224 e. The maximum atomic E-state index is 11.0. The van der Waals surface area contributed by atoms with Crippen LogP contribution >= 0.6 is 7.37 Å². The first-order valence-electron chi connectivity index (χ1n) is 5.96. The molecule has 20 heavy (non-hydrogen) atoms. The minimum Gasteiger partial charge on any atom is -0.799 e. The SMILES string of the molecule is CP(=O)([O-])CCCOCn1cnc2c(N)nc(N)nc21. The van der Waals surface area contributed by atoms with Crippen LogP contribution in [-0.2, 0) is 16.0 Å². The molecule has 0 bridgehead atoms. The van der Waals surface area contributed by atoms with E-state index in [4.69, 9.17) is 16.2 Å². The Morgan fingerprint density at radius 1 is 1.45 bits per heavy atom. The van der Waals surface area contributed by atoms with Gasteiger partial charge < -0.3 is 25.7 Å². The molecule has 10 heteroatoms. The van der Waals surface area contributed by atoms with Gasteiger partial charge in [-0.15, -0.1) is 0 Å². The third kappa shape index (κ3) is 3.66. The molecular formula is C10H16N6O3P-. The molecule has 2 heterocycles. The Morgan fingerprint density at radius 3 is 2.90 bits per heavy atom. The van der Waals surface area contributed by atoms with Crippen LogP contribution in [0, 0.1) is 0 Å². The summed E-state index contributed by atoms with van der Waals surface area (Å²) in [6.07, 6.45) is 2.09. The molecule has 2 aromatic heterocycles. The fraction of sp³-hybridized carbons (Fsp3) is 0.500. The van der Waals surface area contributed by atoms with Crippen molar-refractivity contribution >= 4 is 30.3 Å². The van der Waals surface area contributed by atoms with E-state index in [0.29, 0.717) is 24.2 Å². The highest BCUT2D eigenvalue weighted by Crippen LogP contribution is 2.29. The maximum Gasteiger partial charge on any atom is 0.224 e. The highest BCUT2D eigenvalue weighted by atomic mass is 31.2. The number of imidazole rings is 1. The number of hydrogen-bond donors (Lipinski definition) is 2. The van der Waals surface area contributed by atoms with Gasteiger partial charge in [0, 0.05) is 14.0 Å². The van der Waals surface area contributed by atoms with Crippen molar-refractivity contribution in [3.8, 4) is 0 Å². The van der Waals surface area contributed by atoms with E-state index in [9.17, 15) is 9.46 Å². The molecular weight excluding hydrogens is 283 g/mol. The van der Waals surface area contributed by atoms with Crippen molar-refractivity contribution in [2.75, 3.05) is 30.9 Å². The topological polar surface area (TPSA) is 145 Å². The number of rotatable bonds is 6. The van der Waals surface area contributed by atoms with Gasteiger partial charge in [0.15, 0.2) is 11.5 Å². The standard InChI is InChI=1S/C10H17N6O3P/c1-20(17,18)4-2-3-19-6-16-5-13-7-8(11)14-10(12)15-9(7)16/h5H,2-4,6H2,1H3,(H,17,18)(H4,11,12,14,15)/p-1. The highest BCUT2D eigenvalue weighted by Gasteiger charge is 2.09. The van der Waals surface area contributed by atoms with Crippen LogP contribution in [0.25, 0.3) is 11.2 Å². The molecule has 2 aromatic rings. The molecule has 0 radical (unpaired) electrons. The summed E-state index contributed by atoms with van der Waals surface area (Å²) in [5, 5.41) is 0. The Bertz CT molecular complexity index is 652. The van der Waals surface area contributed by atoms with Crippen molar-refractivity contribution in [2.45, 2.75) is 13.2 Å². The lowest BCUT2D eigenvalue weighted by atomic mass is 10.5. The summed E-state index contributed by atoms with van der Waals surface area (Å²) in [7, 11) is -3.22. The molecule has 0 saturated carbocycles. The molecule has 9 nitrogen and oxygen atoms in total. The predicted molar refractivity (Wildman–Crippen MR) is 73.1 cm³/mol. The molecule has 1 atom stereocenters. The second-order valence-electron chi connectivity index (χ2n) is 4.48. The second-order valence-corrected chi connectivity index (χ2v) is 6.96. The van der Waals surface area contributed by atoms with E-state index in [1.54, 1.807) is 4.57 Å². The van der Waals surface area contributed by atoms with Crippen molar-refractivity contribution in [3.05, 3.63) is 6.33 Å². The molecule has 0 aliphatic heterocycles. The summed E-state index contributed by atoms with van der Waals surface area (Å²) >= 11 is 0. The summed E-state index contributed by atoms with van der Waals surface area (Å²) in [4.78, 5) is 22.9. The van der Waals surface area contributed by atoms with E-state index >= 15 is 0 Å². The number of nitrogens with zero attached hydrogens (tertiary/aromatic N) is 4. The monoisotopic (exact) mass is 299 g/mol. The molecule has 2 rings (SSSR count). The average Bonchev–Trinajstić information content (AvgIpc) is 2.70. The Kier molecular flexibility index (Phi) is 4.22. The minimum absolute atomic E-state index is 0.0648. The van der Waals surface area contributed by atoms with Gasteiger partial charge in [-0.1, -0.05) is 0 Å². The zero-order valence-electron chi connectivity index (χ0n) is 11.0. The van der Waals surface area contributed by atoms with Crippen molar-refractivity contribution in [2.24, 2.45) is 0 Å². The Balaban J connectivity index is 1.95. The molecule has 110 valence electrons. The van der Waals surface area contributed by atoms with E-state index in [0.717, 1.165) is 0 Å². The Hall–Kier alpha value is -1.70. The number of fused-ring (bicyclic) bond motifs is 1. The van der Waals surface area contributed by atoms with Gasteiger partial charge in [-0.3, -0.25) is 4.57 Å². The first-order valence-corrected chi connectivity index (χ1v) is 8.21. The normalized spacial score (nSPS) is 14.5. The van der Waals surface area contributed by atoms with Crippen LogP contribution in [0.1, 0.15) is 6.42 Å². The van der Waals surface area contributed by atoms with Gasteiger partial charge in [-0.2, -0.15) is 9.97 Å². The third-order valence-electron chi connectivity index (χ3n) is 2.59. The molecule has 0 spiro atoms. The van der Waals surface area contributed by atoms with E-state index < -0.39 is 7.37 Å². The lowest BCUT2D eigenvalue weighted by molar-refractivity contribution is -0.173. The largest absolute Gasteiger partial charge is 0.799 e. The lowest BCUT2D eigenvalue weighted by Crippen LogP contribution is -2.08. The maximum absolute atomic E-state index is 11.0. The summed E-state index contributed by atoms with van der Waals surface area (Å²) in [6, 6.07) is 0. The second kappa shape index (κ2) is 5.74. The van der Waals surface area contributed by atoms with Crippen LogP contribution in [0.3, 0.4) is 0 Å². The zero-order valence-corrected chi connectivity index (χ0v) is 11.9. The van der Waals surface area contributed by atoms with Gasteiger partial charge in [0.2, 0.25) is 5.95 Å². The fourth-order valence-electron chi connectivity index (χ4n) is 1.69. The third-order valence-corrected chi connectivity index (χ3v) is 3.72. The molecule has 0 aromatic carbocycles. The van der Waals surface area contributed by atoms with Gasteiger partial charge in [-0.25, -0.2) is 4.98 Å². The predicted octanol–water partition coefficient (Wildman–Crippen LogP) is -0.377. The molecule has 4 N–H and O–H groups in total.